The van der Waals surface area contributed by atoms with Crippen molar-refractivity contribution in [3.8, 4) is 17.2 Å². The van der Waals surface area contributed by atoms with Gasteiger partial charge in [-0.05, 0) is 68.1 Å². The van der Waals surface area contributed by atoms with Gasteiger partial charge in [0.2, 0.25) is 5.91 Å². The summed E-state index contributed by atoms with van der Waals surface area (Å²) in [6.45, 7) is -0.597. The zero-order chi connectivity index (χ0) is 25.9. The van der Waals surface area contributed by atoms with Crippen molar-refractivity contribution in [2.45, 2.75) is 38.0 Å². The van der Waals surface area contributed by atoms with Crippen LogP contribution in [0.2, 0.25) is 0 Å². The molecule has 1 aliphatic carbocycles. The number of hydrogen-bond acceptors (Lipinski definition) is 7. The van der Waals surface area contributed by atoms with Gasteiger partial charge in [-0.2, -0.15) is 8.78 Å². The fourth-order valence-corrected chi connectivity index (χ4v) is 6.41. The number of aromatic nitrogens is 2. The SMILES string of the molecule is CCOc1ccc(-n2c(SCC(=O)Nc3ccccc3OC(F)F)nc3sc4c(c3c2=O)CCC4)cc1. The molecule has 0 fully saturated rings. The Labute approximate surface area is 219 Å². The van der Waals surface area contributed by atoms with E-state index in [9.17, 15) is 18.4 Å². The van der Waals surface area contributed by atoms with Crippen LogP contribution < -0.4 is 20.3 Å². The number of amides is 1. The number of nitrogens with zero attached hydrogens (tertiary/aromatic N) is 2. The number of rotatable bonds is 9. The number of para-hydroxylation sites is 2. The number of aryl methyl sites for hydroxylation is 2. The maximum absolute atomic E-state index is 13.8. The Hall–Kier alpha value is -3.44. The number of thioether (sulfide) groups is 1. The summed E-state index contributed by atoms with van der Waals surface area (Å²) in [6, 6.07) is 13.1. The molecule has 4 aromatic rings. The van der Waals surface area contributed by atoms with Gasteiger partial charge in [0.15, 0.2) is 5.16 Å². The Bertz CT molecular complexity index is 1500. The van der Waals surface area contributed by atoms with Crippen LogP contribution in [0.1, 0.15) is 23.8 Å². The average molecular weight is 544 g/mol. The van der Waals surface area contributed by atoms with Crippen molar-refractivity contribution in [3.63, 3.8) is 0 Å². The second-order valence-corrected chi connectivity index (χ2v) is 10.2. The van der Waals surface area contributed by atoms with Crippen molar-refractivity contribution in [3.05, 3.63) is 69.3 Å². The van der Waals surface area contributed by atoms with E-state index in [1.165, 1.54) is 39.0 Å². The number of thiophene rings is 1. The van der Waals surface area contributed by atoms with Gasteiger partial charge in [-0.15, -0.1) is 11.3 Å². The van der Waals surface area contributed by atoms with Gasteiger partial charge >= 0.3 is 6.61 Å². The lowest BCUT2D eigenvalue weighted by Gasteiger charge is -2.14. The topological polar surface area (TPSA) is 82.4 Å². The van der Waals surface area contributed by atoms with E-state index >= 15 is 0 Å². The quantitative estimate of drug-likeness (QED) is 0.217. The molecule has 2 aromatic heterocycles. The van der Waals surface area contributed by atoms with Gasteiger partial charge in [0, 0.05) is 4.88 Å². The summed E-state index contributed by atoms with van der Waals surface area (Å²) in [5, 5.41) is 3.61. The zero-order valence-corrected chi connectivity index (χ0v) is 21.5. The second kappa shape index (κ2) is 10.9. The van der Waals surface area contributed by atoms with Crippen LogP contribution in [0.3, 0.4) is 0 Å². The highest BCUT2D eigenvalue weighted by Gasteiger charge is 2.24. The highest BCUT2D eigenvalue weighted by atomic mass is 32.2. The van der Waals surface area contributed by atoms with Crippen LogP contribution in [0, 0.1) is 0 Å². The van der Waals surface area contributed by atoms with E-state index < -0.39 is 12.5 Å². The highest BCUT2D eigenvalue weighted by Crippen LogP contribution is 2.36. The summed E-state index contributed by atoms with van der Waals surface area (Å²) in [6.07, 6.45) is 2.81. The van der Waals surface area contributed by atoms with Gasteiger partial charge in [0.05, 0.1) is 29.1 Å². The molecule has 1 amide bonds. The molecule has 7 nitrogen and oxygen atoms in total. The minimum atomic E-state index is -3.01. The van der Waals surface area contributed by atoms with Crippen molar-refractivity contribution in [2.75, 3.05) is 17.7 Å². The third-order valence-electron chi connectivity index (χ3n) is 5.82. The van der Waals surface area contributed by atoms with E-state index in [0.717, 1.165) is 36.6 Å². The molecule has 11 heteroatoms. The first kappa shape index (κ1) is 25.2. The molecular weight excluding hydrogens is 520 g/mol. The first-order valence-electron chi connectivity index (χ1n) is 11.7. The number of carbonyl (C=O) groups excluding carboxylic acids is 1. The monoisotopic (exact) mass is 543 g/mol. The third-order valence-corrected chi connectivity index (χ3v) is 7.95. The molecule has 5 rings (SSSR count). The van der Waals surface area contributed by atoms with Gasteiger partial charge in [-0.1, -0.05) is 23.9 Å². The molecule has 0 aliphatic heterocycles. The van der Waals surface area contributed by atoms with E-state index in [-0.39, 0.29) is 22.7 Å². The molecule has 1 aliphatic rings. The number of alkyl halides is 2. The molecule has 0 saturated heterocycles. The van der Waals surface area contributed by atoms with Crippen molar-refractivity contribution in [1.29, 1.82) is 0 Å². The lowest BCUT2D eigenvalue weighted by atomic mass is 10.2. The molecular formula is C26H23F2N3O4S2. The molecule has 0 radical (unpaired) electrons. The van der Waals surface area contributed by atoms with Crippen LogP contribution in [0.25, 0.3) is 15.9 Å². The standard InChI is InChI=1S/C26H23F2N3O4S2/c1-2-34-16-12-10-15(11-13-16)31-24(33)22-17-6-5-9-20(17)37-23(22)30-26(31)36-14-21(32)29-18-7-3-4-8-19(18)35-25(27)28/h3-4,7-8,10-13,25H,2,5-6,9,14H2,1H3,(H,29,32). The summed E-state index contributed by atoms with van der Waals surface area (Å²) in [7, 11) is 0. The van der Waals surface area contributed by atoms with Gasteiger partial charge in [-0.3, -0.25) is 14.2 Å². The summed E-state index contributed by atoms with van der Waals surface area (Å²) < 4.78 is 37.0. The van der Waals surface area contributed by atoms with E-state index in [4.69, 9.17) is 9.72 Å². The normalized spacial score (nSPS) is 12.6. The molecule has 0 unspecified atom stereocenters. The first-order valence-corrected chi connectivity index (χ1v) is 13.5. The third kappa shape index (κ3) is 5.33. The minimum Gasteiger partial charge on any atom is -0.494 e. The summed E-state index contributed by atoms with van der Waals surface area (Å²) in [4.78, 5) is 33.1. The number of benzene rings is 2. The molecule has 0 atom stereocenters. The lowest BCUT2D eigenvalue weighted by Crippen LogP contribution is -2.23. The Kier molecular flexibility index (Phi) is 7.43. The van der Waals surface area contributed by atoms with Crippen molar-refractivity contribution in [1.82, 2.24) is 9.55 Å². The molecule has 2 aromatic carbocycles. The minimum absolute atomic E-state index is 0.0942. The fraction of sp³-hybridized carbons (Fsp3) is 0.269. The van der Waals surface area contributed by atoms with E-state index in [1.807, 2.05) is 6.92 Å². The van der Waals surface area contributed by atoms with E-state index in [2.05, 4.69) is 10.1 Å². The van der Waals surface area contributed by atoms with E-state index in [1.54, 1.807) is 30.3 Å². The Balaban J connectivity index is 1.46. The van der Waals surface area contributed by atoms with Gasteiger partial charge in [0.25, 0.3) is 5.56 Å². The summed E-state index contributed by atoms with van der Waals surface area (Å²) >= 11 is 2.63. The molecule has 0 bridgehead atoms. The number of nitrogens with one attached hydrogen (secondary N) is 1. The summed E-state index contributed by atoms with van der Waals surface area (Å²) in [5.41, 5.74) is 1.64. The van der Waals surface area contributed by atoms with Gasteiger partial charge in [-0.25, -0.2) is 4.98 Å². The molecule has 0 spiro atoms. The number of fused-ring (bicyclic) bond motifs is 3. The van der Waals surface area contributed by atoms with Crippen LogP contribution >= 0.6 is 23.1 Å². The fourth-order valence-electron chi connectivity index (χ4n) is 4.29. The van der Waals surface area contributed by atoms with Crippen molar-refractivity contribution >= 4 is 44.9 Å². The number of halogens is 2. The lowest BCUT2D eigenvalue weighted by molar-refractivity contribution is -0.113. The Morgan fingerprint density at radius 1 is 1.19 bits per heavy atom. The van der Waals surface area contributed by atoms with E-state index in [0.29, 0.717) is 33.4 Å². The average Bonchev–Trinajstić information content (AvgIpc) is 3.46. The molecule has 1 N–H and O–H groups in total. The van der Waals surface area contributed by atoms with Crippen LogP contribution in [-0.4, -0.2) is 34.4 Å². The smallest absolute Gasteiger partial charge is 0.387 e. The maximum Gasteiger partial charge on any atom is 0.387 e. The molecule has 192 valence electrons. The second-order valence-electron chi connectivity index (χ2n) is 8.21. The number of ether oxygens (including phenoxy) is 2. The number of anilines is 1. The van der Waals surface area contributed by atoms with Crippen LogP contribution in [0.4, 0.5) is 14.5 Å². The largest absolute Gasteiger partial charge is 0.494 e. The van der Waals surface area contributed by atoms with Gasteiger partial charge in [0.1, 0.15) is 16.3 Å². The summed E-state index contributed by atoms with van der Waals surface area (Å²) in [5.74, 6) is 0.0118. The first-order chi connectivity index (χ1) is 17.9. The van der Waals surface area contributed by atoms with Crippen molar-refractivity contribution in [2.24, 2.45) is 0 Å². The Morgan fingerprint density at radius 2 is 1.97 bits per heavy atom. The maximum atomic E-state index is 13.8. The number of carbonyl (C=O) groups is 1. The number of hydrogen-bond donors (Lipinski definition) is 1. The van der Waals surface area contributed by atoms with Crippen LogP contribution in [0.15, 0.2) is 58.5 Å². The van der Waals surface area contributed by atoms with Gasteiger partial charge < -0.3 is 14.8 Å². The predicted molar refractivity (Wildman–Crippen MR) is 141 cm³/mol. The predicted octanol–water partition coefficient (Wildman–Crippen LogP) is 5.67. The van der Waals surface area contributed by atoms with Crippen LogP contribution in [0.5, 0.6) is 11.5 Å². The highest BCUT2D eigenvalue weighted by molar-refractivity contribution is 7.99. The molecule has 2 heterocycles. The molecule has 37 heavy (non-hydrogen) atoms. The Morgan fingerprint density at radius 3 is 2.73 bits per heavy atom. The van der Waals surface area contributed by atoms with Crippen LogP contribution in [-0.2, 0) is 17.6 Å². The van der Waals surface area contributed by atoms with Crippen molar-refractivity contribution < 1.29 is 23.0 Å². The zero-order valence-electron chi connectivity index (χ0n) is 19.8. The molecule has 0 saturated carbocycles.